The van der Waals surface area contributed by atoms with Crippen LogP contribution in [0.2, 0.25) is 0 Å². The average molecular weight is 416 g/mol. The molecule has 0 radical (unpaired) electrons. The molecule has 0 atom stereocenters. The molecule has 1 aliphatic carbocycles. The number of nitrogens with zero attached hydrogens (tertiary/aromatic N) is 2. The first kappa shape index (κ1) is 20.5. The molecule has 0 saturated carbocycles. The Balaban J connectivity index is 1.51. The van der Waals surface area contributed by atoms with Gasteiger partial charge in [-0.2, -0.15) is 5.10 Å². The number of hydrazone groups is 1. The minimum Gasteiger partial charge on any atom is -0.455 e. The van der Waals surface area contributed by atoms with Crippen molar-refractivity contribution >= 4 is 17.5 Å². The van der Waals surface area contributed by atoms with E-state index in [9.17, 15) is 9.59 Å². The summed E-state index contributed by atoms with van der Waals surface area (Å²) >= 11 is 0. The monoisotopic (exact) mass is 416 g/mol. The van der Waals surface area contributed by atoms with Gasteiger partial charge < -0.3 is 9.73 Å². The molecule has 0 unspecified atom stereocenters. The van der Waals surface area contributed by atoms with Gasteiger partial charge in [0.1, 0.15) is 5.76 Å². The zero-order valence-corrected chi connectivity index (χ0v) is 17.6. The second kappa shape index (κ2) is 8.95. The normalized spacial score (nSPS) is 14.2. The van der Waals surface area contributed by atoms with E-state index in [2.05, 4.69) is 20.8 Å². The molecule has 158 valence electrons. The van der Waals surface area contributed by atoms with E-state index >= 15 is 0 Å². The zero-order valence-electron chi connectivity index (χ0n) is 17.6. The number of pyridine rings is 1. The average Bonchev–Trinajstić information content (AvgIpc) is 3.14. The lowest BCUT2D eigenvalue weighted by Gasteiger charge is -2.13. The molecule has 0 aliphatic heterocycles. The number of rotatable bonds is 5. The van der Waals surface area contributed by atoms with E-state index in [-0.39, 0.29) is 17.6 Å². The number of nitrogens with one attached hydrogen (secondary N) is 2. The number of furan rings is 1. The van der Waals surface area contributed by atoms with Crippen molar-refractivity contribution in [2.45, 2.75) is 39.7 Å². The van der Waals surface area contributed by atoms with E-state index in [4.69, 9.17) is 4.42 Å². The molecule has 7 nitrogen and oxygen atoms in total. The number of amides is 2. The lowest BCUT2D eigenvalue weighted by atomic mass is 9.93. The SMILES string of the molecule is Cc1ccc(C(=O)N/N=C2\CCCc3oc(C(=O)NCc4cccnc4)c(C)c32)cc1. The lowest BCUT2D eigenvalue weighted by molar-refractivity contribution is 0.0919. The molecule has 2 aromatic heterocycles. The summed E-state index contributed by atoms with van der Waals surface area (Å²) < 4.78 is 5.90. The van der Waals surface area contributed by atoms with E-state index < -0.39 is 0 Å². The molecule has 2 N–H and O–H groups in total. The fourth-order valence-corrected chi connectivity index (χ4v) is 3.65. The van der Waals surface area contributed by atoms with Crippen LogP contribution in [0.15, 0.2) is 58.3 Å². The third kappa shape index (κ3) is 4.55. The summed E-state index contributed by atoms with van der Waals surface area (Å²) in [7, 11) is 0. The maximum Gasteiger partial charge on any atom is 0.287 e. The van der Waals surface area contributed by atoms with Crippen molar-refractivity contribution in [2.24, 2.45) is 5.10 Å². The van der Waals surface area contributed by atoms with Crippen LogP contribution < -0.4 is 10.7 Å². The van der Waals surface area contributed by atoms with Gasteiger partial charge in [-0.25, -0.2) is 5.43 Å². The first-order chi connectivity index (χ1) is 15.0. The Bertz CT molecular complexity index is 1130. The number of fused-ring (bicyclic) bond motifs is 1. The van der Waals surface area contributed by atoms with Gasteiger partial charge in [-0.1, -0.05) is 23.8 Å². The molecule has 1 aliphatic rings. The highest BCUT2D eigenvalue weighted by atomic mass is 16.4. The smallest absolute Gasteiger partial charge is 0.287 e. The molecule has 3 aromatic rings. The Morgan fingerprint density at radius 1 is 1.10 bits per heavy atom. The fourth-order valence-electron chi connectivity index (χ4n) is 3.65. The third-order valence-corrected chi connectivity index (χ3v) is 5.31. The summed E-state index contributed by atoms with van der Waals surface area (Å²) in [6, 6.07) is 11.0. The number of carbonyl (C=O) groups excluding carboxylic acids is 2. The van der Waals surface area contributed by atoms with Gasteiger partial charge in [0.05, 0.1) is 5.71 Å². The van der Waals surface area contributed by atoms with E-state index in [1.54, 1.807) is 24.5 Å². The molecule has 1 aromatic carbocycles. The maximum absolute atomic E-state index is 12.7. The highest BCUT2D eigenvalue weighted by Gasteiger charge is 2.28. The first-order valence-electron chi connectivity index (χ1n) is 10.3. The predicted octanol–water partition coefficient (Wildman–Crippen LogP) is 3.69. The van der Waals surface area contributed by atoms with Gasteiger partial charge in [0.15, 0.2) is 5.76 Å². The van der Waals surface area contributed by atoms with Gasteiger partial charge >= 0.3 is 0 Å². The molecule has 0 bridgehead atoms. The van der Waals surface area contributed by atoms with E-state index in [1.807, 2.05) is 38.1 Å². The van der Waals surface area contributed by atoms with Crippen LogP contribution >= 0.6 is 0 Å². The van der Waals surface area contributed by atoms with Crippen molar-refractivity contribution in [3.63, 3.8) is 0 Å². The lowest BCUT2D eigenvalue weighted by Crippen LogP contribution is -2.23. The van der Waals surface area contributed by atoms with Gasteiger partial charge in [-0.15, -0.1) is 0 Å². The van der Waals surface area contributed by atoms with Crippen molar-refractivity contribution in [3.8, 4) is 0 Å². The highest BCUT2D eigenvalue weighted by molar-refractivity contribution is 6.07. The largest absolute Gasteiger partial charge is 0.455 e. The second-order valence-electron chi connectivity index (χ2n) is 7.62. The summed E-state index contributed by atoms with van der Waals surface area (Å²) in [5.74, 6) is 0.473. The Morgan fingerprint density at radius 2 is 1.90 bits per heavy atom. The maximum atomic E-state index is 12.7. The topological polar surface area (TPSA) is 96.6 Å². The number of hydrogen-bond donors (Lipinski definition) is 2. The van der Waals surface area contributed by atoms with Crippen LogP contribution in [0.3, 0.4) is 0 Å². The van der Waals surface area contributed by atoms with Gasteiger partial charge in [0.2, 0.25) is 0 Å². The van der Waals surface area contributed by atoms with Crippen LogP contribution in [0, 0.1) is 13.8 Å². The minimum atomic E-state index is -0.279. The number of hydrogen-bond acceptors (Lipinski definition) is 5. The summed E-state index contributed by atoms with van der Waals surface area (Å²) in [6.45, 7) is 4.19. The number of aryl methyl sites for hydroxylation is 2. The van der Waals surface area contributed by atoms with Gasteiger partial charge in [0.25, 0.3) is 11.8 Å². The molecule has 0 spiro atoms. The summed E-state index contributed by atoms with van der Waals surface area (Å²) in [4.78, 5) is 29.2. The Kier molecular flexibility index (Phi) is 5.93. The van der Waals surface area contributed by atoms with Crippen LogP contribution in [0.5, 0.6) is 0 Å². The Hall–Kier alpha value is -3.74. The highest BCUT2D eigenvalue weighted by Crippen LogP contribution is 2.30. The molecule has 2 heterocycles. The minimum absolute atomic E-state index is 0.268. The molecule has 7 heteroatoms. The van der Waals surface area contributed by atoms with Crippen molar-refractivity contribution in [2.75, 3.05) is 0 Å². The molecular formula is C24H24N4O3. The Morgan fingerprint density at radius 3 is 2.65 bits per heavy atom. The Labute approximate surface area is 180 Å². The third-order valence-electron chi connectivity index (χ3n) is 5.31. The van der Waals surface area contributed by atoms with Gasteiger partial charge in [0, 0.05) is 42.0 Å². The number of aromatic nitrogens is 1. The summed E-state index contributed by atoms with van der Waals surface area (Å²) in [5.41, 5.74) is 7.47. The quantitative estimate of drug-likeness (QED) is 0.620. The van der Waals surface area contributed by atoms with Crippen LogP contribution in [-0.2, 0) is 13.0 Å². The molecule has 0 saturated heterocycles. The molecule has 2 amide bonds. The second-order valence-corrected chi connectivity index (χ2v) is 7.62. The molecule has 0 fully saturated rings. The van der Waals surface area contributed by atoms with Gasteiger partial charge in [-0.05, 0) is 50.5 Å². The first-order valence-corrected chi connectivity index (χ1v) is 10.3. The van der Waals surface area contributed by atoms with E-state index in [0.717, 1.165) is 46.6 Å². The van der Waals surface area contributed by atoms with Crippen molar-refractivity contribution in [1.82, 2.24) is 15.7 Å². The van der Waals surface area contributed by atoms with Crippen molar-refractivity contribution in [1.29, 1.82) is 0 Å². The van der Waals surface area contributed by atoms with Crippen molar-refractivity contribution < 1.29 is 14.0 Å². The molecular weight excluding hydrogens is 392 g/mol. The standard InChI is InChI=1S/C24H24N4O3/c1-15-8-10-18(11-9-15)23(29)28-27-19-6-3-7-20-21(19)16(2)22(31-20)24(30)26-14-17-5-4-12-25-13-17/h4-5,8-13H,3,6-7,14H2,1-2H3,(H,26,30)(H,28,29)/b27-19+. The summed E-state index contributed by atoms with van der Waals surface area (Å²) in [5, 5.41) is 7.24. The van der Waals surface area contributed by atoms with Crippen molar-refractivity contribution in [3.05, 3.63) is 88.1 Å². The van der Waals surface area contributed by atoms with Gasteiger partial charge in [-0.3, -0.25) is 14.6 Å². The van der Waals surface area contributed by atoms with Crippen LogP contribution in [-0.4, -0.2) is 22.5 Å². The van der Waals surface area contributed by atoms with E-state index in [1.165, 1.54) is 0 Å². The number of carbonyl (C=O) groups is 2. The van der Waals surface area contributed by atoms with Crippen LogP contribution in [0.25, 0.3) is 0 Å². The van der Waals surface area contributed by atoms with E-state index in [0.29, 0.717) is 18.5 Å². The summed E-state index contributed by atoms with van der Waals surface area (Å²) in [6.07, 6.45) is 5.68. The predicted molar refractivity (Wildman–Crippen MR) is 117 cm³/mol. The van der Waals surface area contributed by atoms with Crippen LogP contribution in [0.1, 0.15) is 61.8 Å². The fraction of sp³-hybridized carbons (Fsp3) is 0.250. The van der Waals surface area contributed by atoms with Crippen LogP contribution in [0.4, 0.5) is 0 Å². The molecule has 31 heavy (non-hydrogen) atoms. The molecule has 4 rings (SSSR count). The zero-order chi connectivity index (χ0) is 21.8. The number of benzene rings is 1.